The van der Waals surface area contributed by atoms with Crippen molar-refractivity contribution in [3.8, 4) is 28.7 Å². The maximum Gasteiger partial charge on any atom is 0.239 e. The van der Waals surface area contributed by atoms with Gasteiger partial charge in [0, 0.05) is 11.1 Å². The minimum atomic E-state index is -0.584. The number of H-pyrrole nitrogens is 1. The normalized spacial score (nSPS) is 11.1. The van der Waals surface area contributed by atoms with Crippen molar-refractivity contribution >= 4 is 29.1 Å². The summed E-state index contributed by atoms with van der Waals surface area (Å²) in [4.78, 5) is 19.1. The van der Waals surface area contributed by atoms with Crippen LogP contribution in [0, 0.1) is 11.3 Å². The molecule has 164 valence electrons. The van der Waals surface area contributed by atoms with Gasteiger partial charge in [-0.3, -0.25) is 4.79 Å². The summed E-state index contributed by atoms with van der Waals surface area (Å²) in [5.41, 5.74) is 11.6. The molecule has 0 spiro atoms. The molecule has 0 fully saturated rings. The molecule has 0 unspecified atom stereocenters. The molecule has 0 atom stereocenters. The first-order valence-electron chi connectivity index (χ1n) is 10.6. The molecule has 5 aromatic rings. The van der Waals surface area contributed by atoms with E-state index in [4.69, 9.17) is 5.73 Å². The number of nitrogens with one attached hydrogen (secondary N) is 1. The zero-order valence-electron chi connectivity index (χ0n) is 18.0. The Hall–Kier alpha value is -5.03. The molecule has 0 bridgehead atoms. The van der Waals surface area contributed by atoms with Gasteiger partial charge in [-0.25, -0.2) is 9.67 Å². The number of hydrogen-bond acceptors (Lipinski definition) is 5. The number of amides is 1. The second-order valence-electron chi connectivity index (χ2n) is 7.70. The van der Waals surface area contributed by atoms with E-state index in [2.05, 4.69) is 20.3 Å². The van der Waals surface area contributed by atoms with Crippen LogP contribution in [-0.4, -0.2) is 30.9 Å². The van der Waals surface area contributed by atoms with Gasteiger partial charge < -0.3 is 10.7 Å². The average molecular weight is 445 g/mol. The van der Waals surface area contributed by atoms with Gasteiger partial charge in [-0.1, -0.05) is 78.0 Å². The van der Waals surface area contributed by atoms with E-state index in [9.17, 15) is 10.1 Å². The van der Waals surface area contributed by atoms with Gasteiger partial charge in [0.15, 0.2) is 5.69 Å². The SMILES string of the molecule is N#Cc1c(-c2ccc(C=Cc3ccc(-c4nc5ccccc5[nH]4)cc3)cc2)nnn1CC(N)=O. The highest BCUT2D eigenvalue weighted by molar-refractivity contribution is 5.80. The summed E-state index contributed by atoms with van der Waals surface area (Å²) < 4.78 is 1.21. The molecule has 0 aliphatic carbocycles. The molecular weight excluding hydrogens is 426 g/mol. The van der Waals surface area contributed by atoms with Crippen LogP contribution in [0.15, 0.2) is 72.8 Å². The molecule has 2 heterocycles. The van der Waals surface area contributed by atoms with Crippen LogP contribution in [0.5, 0.6) is 0 Å². The molecule has 3 aromatic carbocycles. The number of nitrogens with zero attached hydrogens (tertiary/aromatic N) is 5. The number of carbonyl (C=O) groups is 1. The van der Waals surface area contributed by atoms with Crippen molar-refractivity contribution < 1.29 is 4.79 Å². The second-order valence-corrected chi connectivity index (χ2v) is 7.70. The van der Waals surface area contributed by atoms with E-state index < -0.39 is 5.91 Å². The summed E-state index contributed by atoms with van der Waals surface area (Å²) in [5.74, 6) is 0.260. The molecule has 0 aliphatic heterocycles. The van der Waals surface area contributed by atoms with Crippen molar-refractivity contribution in [3.05, 3.63) is 89.6 Å². The minimum Gasteiger partial charge on any atom is -0.368 e. The van der Waals surface area contributed by atoms with E-state index in [0.717, 1.165) is 39.1 Å². The molecular formula is C26H19N7O. The Balaban J connectivity index is 1.31. The monoisotopic (exact) mass is 445 g/mol. The number of benzene rings is 3. The van der Waals surface area contributed by atoms with Crippen LogP contribution in [-0.2, 0) is 11.3 Å². The number of imidazole rings is 1. The Labute approximate surface area is 195 Å². The van der Waals surface area contributed by atoms with E-state index in [1.165, 1.54) is 4.68 Å². The maximum atomic E-state index is 11.2. The number of fused-ring (bicyclic) bond motifs is 1. The van der Waals surface area contributed by atoms with Gasteiger partial charge >= 0.3 is 0 Å². The summed E-state index contributed by atoms with van der Waals surface area (Å²) in [6.07, 6.45) is 4.04. The van der Waals surface area contributed by atoms with Crippen molar-refractivity contribution in [2.75, 3.05) is 0 Å². The van der Waals surface area contributed by atoms with Crippen molar-refractivity contribution in [2.45, 2.75) is 6.54 Å². The third-order valence-electron chi connectivity index (χ3n) is 5.37. The first-order chi connectivity index (χ1) is 16.6. The lowest BCUT2D eigenvalue weighted by Crippen LogP contribution is -2.20. The lowest BCUT2D eigenvalue weighted by Gasteiger charge is -2.01. The Morgan fingerprint density at radius 3 is 2.24 bits per heavy atom. The highest BCUT2D eigenvalue weighted by Gasteiger charge is 2.15. The van der Waals surface area contributed by atoms with Crippen LogP contribution in [0.25, 0.3) is 45.8 Å². The fourth-order valence-corrected chi connectivity index (χ4v) is 3.66. The number of nitrogens with two attached hydrogens (primary N) is 1. The molecule has 2 aromatic heterocycles. The summed E-state index contributed by atoms with van der Waals surface area (Å²) >= 11 is 0. The van der Waals surface area contributed by atoms with Crippen LogP contribution in [0.4, 0.5) is 0 Å². The Bertz CT molecular complexity index is 1520. The Kier molecular flexibility index (Phi) is 5.42. The van der Waals surface area contributed by atoms with Crippen LogP contribution in [0.3, 0.4) is 0 Å². The predicted molar refractivity (Wildman–Crippen MR) is 130 cm³/mol. The molecule has 5 rings (SSSR count). The van der Waals surface area contributed by atoms with Gasteiger partial charge in [0.1, 0.15) is 24.1 Å². The molecule has 0 saturated heterocycles. The number of primary amides is 1. The van der Waals surface area contributed by atoms with Crippen molar-refractivity contribution in [3.63, 3.8) is 0 Å². The molecule has 3 N–H and O–H groups in total. The van der Waals surface area contributed by atoms with Crippen molar-refractivity contribution in [1.82, 2.24) is 25.0 Å². The molecule has 34 heavy (non-hydrogen) atoms. The number of nitriles is 1. The number of carbonyl (C=O) groups excluding carboxylic acids is 1. The lowest BCUT2D eigenvalue weighted by molar-refractivity contribution is -0.118. The highest BCUT2D eigenvalue weighted by Crippen LogP contribution is 2.23. The quantitative estimate of drug-likeness (QED) is 0.382. The van der Waals surface area contributed by atoms with E-state index in [1.807, 2.05) is 91.0 Å². The first kappa shape index (κ1) is 20.8. The van der Waals surface area contributed by atoms with Gasteiger partial charge in [0.25, 0.3) is 0 Å². The number of aromatic nitrogens is 5. The van der Waals surface area contributed by atoms with Crippen LogP contribution in [0.1, 0.15) is 16.8 Å². The largest absolute Gasteiger partial charge is 0.368 e. The average Bonchev–Trinajstić information content (AvgIpc) is 3.47. The van der Waals surface area contributed by atoms with Crippen LogP contribution in [0.2, 0.25) is 0 Å². The predicted octanol–water partition coefficient (Wildman–Crippen LogP) is 4.02. The summed E-state index contributed by atoms with van der Waals surface area (Å²) in [5, 5.41) is 17.3. The van der Waals surface area contributed by atoms with E-state index in [-0.39, 0.29) is 12.2 Å². The summed E-state index contributed by atoms with van der Waals surface area (Å²) in [6, 6.07) is 25.8. The zero-order chi connectivity index (χ0) is 23.5. The molecule has 8 nitrogen and oxygen atoms in total. The van der Waals surface area contributed by atoms with E-state index >= 15 is 0 Å². The standard InChI is InChI=1S/C26H19N7O/c27-15-23-25(31-32-33(23)16-24(28)34)19-11-7-17(8-12-19)5-6-18-9-13-20(14-10-18)26-29-21-3-1-2-4-22(21)30-26/h1-14H,16H2,(H2,28,34)(H,29,30). The van der Waals surface area contributed by atoms with Gasteiger partial charge in [0.05, 0.1) is 11.0 Å². The fraction of sp³-hybridized carbons (Fsp3) is 0.0385. The van der Waals surface area contributed by atoms with Crippen LogP contribution >= 0.6 is 0 Å². The molecule has 0 saturated carbocycles. The molecule has 0 aliphatic rings. The first-order valence-corrected chi connectivity index (χ1v) is 10.6. The van der Waals surface area contributed by atoms with Gasteiger partial charge in [-0.2, -0.15) is 5.26 Å². The number of hydrogen-bond donors (Lipinski definition) is 2. The smallest absolute Gasteiger partial charge is 0.239 e. The third-order valence-corrected chi connectivity index (χ3v) is 5.37. The fourth-order valence-electron chi connectivity index (χ4n) is 3.66. The Morgan fingerprint density at radius 2 is 1.62 bits per heavy atom. The molecule has 1 amide bonds. The van der Waals surface area contributed by atoms with Gasteiger partial charge in [0.2, 0.25) is 5.91 Å². The summed E-state index contributed by atoms with van der Waals surface area (Å²) in [7, 11) is 0. The Morgan fingerprint density at radius 1 is 0.971 bits per heavy atom. The lowest BCUT2D eigenvalue weighted by atomic mass is 10.1. The summed E-state index contributed by atoms with van der Waals surface area (Å²) in [6.45, 7) is -0.189. The molecule has 0 radical (unpaired) electrons. The zero-order valence-corrected chi connectivity index (χ0v) is 18.0. The van der Waals surface area contributed by atoms with Gasteiger partial charge in [-0.15, -0.1) is 5.10 Å². The topological polar surface area (TPSA) is 126 Å². The molecule has 8 heteroatoms. The van der Waals surface area contributed by atoms with E-state index in [1.54, 1.807) is 0 Å². The number of rotatable bonds is 6. The maximum absolute atomic E-state index is 11.2. The number of para-hydroxylation sites is 2. The number of aromatic amines is 1. The van der Waals surface area contributed by atoms with Crippen molar-refractivity contribution in [2.24, 2.45) is 5.73 Å². The second kappa shape index (κ2) is 8.84. The minimum absolute atomic E-state index is 0.189. The van der Waals surface area contributed by atoms with E-state index in [0.29, 0.717) is 5.69 Å². The van der Waals surface area contributed by atoms with Gasteiger partial charge in [-0.05, 0) is 23.3 Å². The highest BCUT2D eigenvalue weighted by atomic mass is 16.1. The van der Waals surface area contributed by atoms with Crippen LogP contribution < -0.4 is 5.73 Å². The third kappa shape index (κ3) is 4.18. The van der Waals surface area contributed by atoms with Crippen molar-refractivity contribution in [1.29, 1.82) is 5.26 Å².